The maximum atomic E-state index is 13.1. The highest BCUT2D eigenvalue weighted by molar-refractivity contribution is 7.86. The lowest BCUT2D eigenvalue weighted by atomic mass is 9.80. The Morgan fingerprint density at radius 1 is 0.828 bits per heavy atom. The van der Waals surface area contributed by atoms with Crippen LogP contribution in [0.4, 0.5) is 0 Å². The highest BCUT2D eigenvalue weighted by atomic mass is 32.2. The minimum atomic E-state index is -5.22. The number of hydrogen-bond acceptors (Lipinski definition) is 8. The third kappa shape index (κ3) is 2.57. The maximum Gasteiger partial charge on any atom is 0.302 e. The van der Waals surface area contributed by atoms with E-state index >= 15 is 0 Å². The zero-order valence-corrected chi connectivity index (χ0v) is 15.1. The molecule has 0 spiro atoms. The number of aromatic hydroxyl groups is 2. The van der Waals surface area contributed by atoms with Crippen LogP contribution in [0.25, 0.3) is 11.3 Å². The molecule has 0 atom stereocenters. The molecule has 29 heavy (non-hydrogen) atoms. The molecule has 4 rings (SSSR count). The van der Waals surface area contributed by atoms with E-state index in [4.69, 9.17) is 4.42 Å². The summed E-state index contributed by atoms with van der Waals surface area (Å²) in [5, 5.41) is 21.0. The highest BCUT2D eigenvalue weighted by Crippen LogP contribution is 2.49. The molecule has 0 unspecified atom stereocenters. The lowest BCUT2D eigenvalue weighted by molar-refractivity contribution is 0.0976. The van der Waals surface area contributed by atoms with Gasteiger partial charge < -0.3 is 14.6 Å². The minimum Gasteiger partial charge on any atom is -0.506 e. The number of benzene rings is 2. The molecule has 0 saturated heterocycles. The van der Waals surface area contributed by atoms with Crippen molar-refractivity contribution in [3.63, 3.8) is 0 Å². The van der Waals surface area contributed by atoms with Gasteiger partial charge in [-0.3, -0.25) is 18.9 Å². The van der Waals surface area contributed by atoms with Crippen molar-refractivity contribution in [3.05, 3.63) is 64.4 Å². The largest absolute Gasteiger partial charge is 0.506 e. The van der Waals surface area contributed by atoms with Crippen LogP contribution in [0.15, 0.2) is 45.7 Å². The van der Waals surface area contributed by atoms with Crippen molar-refractivity contribution in [1.82, 2.24) is 0 Å². The van der Waals surface area contributed by atoms with E-state index in [0.29, 0.717) is 6.29 Å². The fourth-order valence-corrected chi connectivity index (χ4v) is 4.03. The summed E-state index contributed by atoms with van der Waals surface area (Å²) in [4.78, 5) is 35.6. The fraction of sp³-hybridized carbons (Fsp3) is 0. The second-order valence-corrected chi connectivity index (χ2v) is 7.51. The van der Waals surface area contributed by atoms with E-state index in [0.717, 1.165) is 0 Å². The van der Waals surface area contributed by atoms with Crippen LogP contribution >= 0.6 is 0 Å². The SMILES string of the molecule is O=Cc1ccc(-c2c(O)c(S(=O)(=O)O)c(O)c3c2C(=O)c2ccccc2C3=O)o1. The highest BCUT2D eigenvalue weighted by Gasteiger charge is 2.41. The van der Waals surface area contributed by atoms with Gasteiger partial charge in [-0.25, -0.2) is 0 Å². The van der Waals surface area contributed by atoms with Crippen LogP contribution in [0.3, 0.4) is 0 Å². The molecule has 2 aromatic carbocycles. The van der Waals surface area contributed by atoms with E-state index in [1.165, 1.54) is 36.4 Å². The Hall–Kier alpha value is -3.76. The van der Waals surface area contributed by atoms with Crippen LogP contribution in [0.2, 0.25) is 0 Å². The van der Waals surface area contributed by atoms with E-state index in [1.807, 2.05) is 0 Å². The summed E-state index contributed by atoms with van der Waals surface area (Å²) in [6.45, 7) is 0. The van der Waals surface area contributed by atoms with Crippen molar-refractivity contribution >= 4 is 28.0 Å². The Kier molecular flexibility index (Phi) is 3.93. The number of ketones is 2. The van der Waals surface area contributed by atoms with Gasteiger partial charge in [0.25, 0.3) is 0 Å². The second-order valence-electron chi connectivity index (χ2n) is 6.15. The van der Waals surface area contributed by atoms with Crippen molar-refractivity contribution in [3.8, 4) is 22.8 Å². The Labute approximate surface area is 162 Å². The van der Waals surface area contributed by atoms with Crippen LogP contribution in [0, 0.1) is 0 Å². The summed E-state index contributed by atoms with van der Waals surface area (Å²) in [7, 11) is -5.22. The first-order valence-electron chi connectivity index (χ1n) is 8.00. The fourth-order valence-electron chi connectivity index (χ4n) is 3.33. The van der Waals surface area contributed by atoms with E-state index in [2.05, 4.69) is 0 Å². The molecule has 3 aromatic rings. The van der Waals surface area contributed by atoms with Gasteiger partial charge in [-0.05, 0) is 12.1 Å². The number of hydrogen-bond donors (Lipinski definition) is 3. The zero-order chi connectivity index (χ0) is 21.1. The maximum absolute atomic E-state index is 13.1. The van der Waals surface area contributed by atoms with Crippen LogP contribution in [-0.4, -0.2) is 41.0 Å². The first-order valence-corrected chi connectivity index (χ1v) is 9.44. The standard InChI is InChI=1S/C19H10O9S/c20-7-8-5-6-11(28-8)12-13-14(18(24)19(17(12)23)29(25,26)27)16(22)10-4-2-1-3-9(10)15(13)21/h1-7,23-24H,(H,25,26,27). The first kappa shape index (κ1) is 18.6. The number of aldehydes is 1. The monoisotopic (exact) mass is 414 g/mol. The summed E-state index contributed by atoms with van der Waals surface area (Å²) in [6, 6.07) is 8.00. The molecule has 3 N–H and O–H groups in total. The molecule has 0 saturated carbocycles. The average molecular weight is 414 g/mol. The average Bonchev–Trinajstić information content (AvgIpc) is 3.13. The number of fused-ring (bicyclic) bond motifs is 2. The van der Waals surface area contributed by atoms with E-state index in [1.54, 1.807) is 0 Å². The molecule has 9 nitrogen and oxygen atoms in total. The number of rotatable bonds is 3. The second kappa shape index (κ2) is 6.12. The normalized spacial score (nSPS) is 13.1. The lowest BCUT2D eigenvalue weighted by Crippen LogP contribution is -2.23. The van der Waals surface area contributed by atoms with Gasteiger partial charge in [0.05, 0.1) is 16.7 Å². The van der Waals surface area contributed by atoms with Crippen LogP contribution in [0.5, 0.6) is 11.5 Å². The first-order chi connectivity index (χ1) is 13.7. The summed E-state index contributed by atoms with van der Waals surface area (Å²) >= 11 is 0. The number of furan rings is 1. The molecular formula is C19H10O9S. The molecule has 0 radical (unpaired) electrons. The molecule has 0 fully saturated rings. The minimum absolute atomic E-state index is 0.0353. The van der Waals surface area contributed by atoms with Crippen molar-refractivity contribution < 1.29 is 42.0 Å². The lowest BCUT2D eigenvalue weighted by Gasteiger charge is -2.22. The summed E-state index contributed by atoms with van der Waals surface area (Å²) in [5.74, 6) is -4.66. The molecule has 1 aliphatic rings. The Bertz CT molecular complexity index is 1350. The van der Waals surface area contributed by atoms with Crippen molar-refractivity contribution in [1.29, 1.82) is 0 Å². The molecule has 146 valence electrons. The molecule has 1 aliphatic carbocycles. The molecule has 0 amide bonds. The van der Waals surface area contributed by atoms with E-state index in [9.17, 15) is 37.6 Å². The van der Waals surface area contributed by atoms with Gasteiger partial charge >= 0.3 is 10.1 Å². The van der Waals surface area contributed by atoms with Crippen LogP contribution in [0.1, 0.15) is 42.4 Å². The molecule has 1 aromatic heterocycles. The van der Waals surface area contributed by atoms with Crippen molar-refractivity contribution in [2.24, 2.45) is 0 Å². The third-order valence-electron chi connectivity index (χ3n) is 4.52. The van der Waals surface area contributed by atoms with E-state index in [-0.39, 0.29) is 22.6 Å². The van der Waals surface area contributed by atoms with Crippen molar-refractivity contribution in [2.45, 2.75) is 4.90 Å². The van der Waals surface area contributed by atoms with Gasteiger partial charge in [0.1, 0.15) is 5.76 Å². The van der Waals surface area contributed by atoms with Crippen LogP contribution in [-0.2, 0) is 10.1 Å². The zero-order valence-electron chi connectivity index (χ0n) is 14.2. The third-order valence-corrected chi connectivity index (χ3v) is 5.42. The topological polar surface area (TPSA) is 159 Å². The smallest absolute Gasteiger partial charge is 0.302 e. The molecular weight excluding hydrogens is 404 g/mol. The van der Waals surface area contributed by atoms with Gasteiger partial charge in [-0.15, -0.1) is 0 Å². The van der Waals surface area contributed by atoms with Crippen LogP contribution < -0.4 is 0 Å². The number of carbonyl (C=O) groups is 3. The number of phenols is 2. The summed E-state index contributed by atoms with van der Waals surface area (Å²) in [5.41, 5.74) is -1.90. The predicted molar refractivity (Wildman–Crippen MR) is 96.0 cm³/mol. The molecule has 0 bridgehead atoms. The number of phenolic OH excluding ortho intramolecular Hbond substituents is 2. The van der Waals surface area contributed by atoms with Gasteiger partial charge in [0, 0.05) is 11.1 Å². The summed E-state index contributed by atoms with van der Waals surface area (Å²) < 4.78 is 38.3. The quantitative estimate of drug-likeness (QED) is 0.337. The van der Waals surface area contributed by atoms with Gasteiger partial charge in [0.2, 0.25) is 0 Å². The number of carbonyl (C=O) groups excluding carboxylic acids is 3. The van der Waals surface area contributed by atoms with Crippen molar-refractivity contribution in [2.75, 3.05) is 0 Å². The van der Waals surface area contributed by atoms with E-state index < -0.39 is 54.8 Å². The van der Waals surface area contributed by atoms with Gasteiger partial charge in [0.15, 0.2) is 40.0 Å². The predicted octanol–water partition coefficient (Wildman–Crippen LogP) is 2.19. The van der Waals surface area contributed by atoms with Gasteiger partial charge in [-0.2, -0.15) is 8.42 Å². The molecule has 10 heteroatoms. The Balaban J connectivity index is 2.21. The Morgan fingerprint density at radius 3 is 1.90 bits per heavy atom. The molecule has 0 aliphatic heterocycles. The summed E-state index contributed by atoms with van der Waals surface area (Å²) in [6.07, 6.45) is 0.333. The van der Waals surface area contributed by atoms with Gasteiger partial charge in [-0.1, -0.05) is 24.3 Å². The molecule has 1 heterocycles. The Morgan fingerprint density at radius 2 is 1.38 bits per heavy atom.